The van der Waals surface area contributed by atoms with Crippen molar-refractivity contribution in [2.24, 2.45) is 0 Å². The Morgan fingerprint density at radius 1 is 0.897 bits per heavy atom. The molecule has 2 aromatic rings. The van der Waals surface area contributed by atoms with E-state index in [-0.39, 0.29) is 0 Å². The molecular weight excluding hydrogens is 364 g/mol. The van der Waals surface area contributed by atoms with E-state index in [2.05, 4.69) is 30.8 Å². The third-order valence-electron chi connectivity index (χ3n) is 5.29. The molecule has 0 N–H and O–H groups in total. The highest BCUT2D eigenvalue weighted by atomic mass is 16.5. The molecule has 0 saturated heterocycles. The zero-order valence-electron chi connectivity index (χ0n) is 18.7. The molecule has 0 radical (unpaired) electrons. The molecule has 29 heavy (non-hydrogen) atoms. The summed E-state index contributed by atoms with van der Waals surface area (Å²) in [5, 5.41) is 4.23. The fourth-order valence-electron chi connectivity index (χ4n) is 3.46. The van der Waals surface area contributed by atoms with Crippen molar-refractivity contribution in [1.29, 1.82) is 0 Å². The first-order valence-corrected chi connectivity index (χ1v) is 11.3. The lowest BCUT2D eigenvalue weighted by molar-refractivity contribution is 0.302. The normalized spacial score (nSPS) is 10.9. The van der Waals surface area contributed by atoms with Gasteiger partial charge in [0.05, 0.1) is 19.3 Å². The summed E-state index contributed by atoms with van der Waals surface area (Å²) in [7, 11) is 1.67. The van der Waals surface area contributed by atoms with Crippen molar-refractivity contribution in [2.75, 3.05) is 31.7 Å². The molecule has 162 valence electrons. The molecule has 0 fully saturated rings. The molecule has 0 bridgehead atoms. The molecule has 5 nitrogen and oxygen atoms in total. The van der Waals surface area contributed by atoms with Gasteiger partial charge in [0, 0.05) is 25.2 Å². The SMILES string of the molecule is CCCCCCCCCCOc1cc(OC)ccc1-c1cc(N(CC)CC)no1. The standard InChI is InChI=1S/C24H38N2O3/c1-5-8-9-10-11-12-13-14-17-28-22-18-20(27-4)15-16-21(22)23-19-24(25-29-23)26(6-2)7-3/h15-16,18-19H,5-14,17H2,1-4H3. The van der Waals surface area contributed by atoms with Crippen molar-refractivity contribution in [1.82, 2.24) is 5.16 Å². The first-order valence-electron chi connectivity index (χ1n) is 11.3. The highest BCUT2D eigenvalue weighted by molar-refractivity contribution is 5.69. The van der Waals surface area contributed by atoms with Crippen LogP contribution in [0, 0.1) is 0 Å². The Hall–Kier alpha value is -2.17. The van der Waals surface area contributed by atoms with E-state index in [0.29, 0.717) is 6.61 Å². The maximum absolute atomic E-state index is 6.12. The zero-order valence-corrected chi connectivity index (χ0v) is 18.7. The number of aromatic nitrogens is 1. The maximum atomic E-state index is 6.12. The van der Waals surface area contributed by atoms with Crippen molar-refractivity contribution in [2.45, 2.75) is 72.1 Å². The highest BCUT2D eigenvalue weighted by Gasteiger charge is 2.16. The molecule has 2 rings (SSSR count). The minimum absolute atomic E-state index is 0.701. The van der Waals surface area contributed by atoms with Gasteiger partial charge in [-0.3, -0.25) is 0 Å². The Labute approximate surface area is 176 Å². The molecule has 5 heteroatoms. The van der Waals surface area contributed by atoms with Gasteiger partial charge < -0.3 is 18.9 Å². The highest BCUT2D eigenvalue weighted by Crippen LogP contribution is 2.35. The lowest BCUT2D eigenvalue weighted by atomic mass is 10.1. The maximum Gasteiger partial charge on any atom is 0.172 e. The van der Waals surface area contributed by atoms with Crippen molar-refractivity contribution in [3.05, 3.63) is 24.3 Å². The predicted molar refractivity (Wildman–Crippen MR) is 120 cm³/mol. The second-order valence-electron chi connectivity index (χ2n) is 7.41. The van der Waals surface area contributed by atoms with Gasteiger partial charge in [-0.05, 0) is 32.4 Å². The molecule has 0 aliphatic rings. The minimum Gasteiger partial charge on any atom is -0.497 e. The van der Waals surface area contributed by atoms with Crippen LogP contribution in [0.3, 0.4) is 0 Å². The first-order chi connectivity index (χ1) is 14.2. The molecule has 0 unspecified atom stereocenters. The summed E-state index contributed by atoms with van der Waals surface area (Å²) in [5.74, 6) is 3.15. The van der Waals surface area contributed by atoms with Crippen molar-refractivity contribution >= 4 is 5.82 Å². The smallest absolute Gasteiger partial charge is 0.172 e. The van der Waals surface area contributed by atoms with Gasteiger partial charge in [0.2, 0.25) is 0 Å². The summed E-state index contributed by atoms with van der Waals surface area (Å²) in [6.45, 7) is 8.98. The van der Waals surface area contributed by atoms with E-state index < -0.39 is 0 Å². The molecule has 0 amide bonds. The third kappa shape index (κ3) is 7.30. The molecule has 0 aliphatic heterocycles. The van der Waals surface area contributed by atoms with Gasteiger partial charge in [-0.25, -0.2) is 0 Å². The number of rotatable bonds is 15. The molecular formula is C24H38N2O3. The average Bonchev–Trinajstić information content (AvgIpc) is 3.23. The molecule has 1 aromatic carbocycles. The van der Waals surface area contributed by atoms with Crippen LogP contribution in [0.1, 0.15) is 72.1 Å². The topological polar surface area (TPSA) is 47.7 Å². The number of hydrogen-bond acceptors (Lipinski definition) is 5. The summed E-state index contributed by atoms with van der Waals surface area (Å²) in [6.07, 6.45) is 10.3. The average molecular weight is 403 g/mol. The molecule has 0 atom stereocenters. The number of ether oxygens (including phenoxy) is 2. The summed E-state index contributed by atoms with van der Waals surface area (Å²) >= 11 is 0. The van der Waals surface area contributed by atoms with Crippen LogP contribution in [0.4, 0.5) is 5.82 Å². The number of methoxy groups -OCH3 is 1. The van der Waals surface area contributed by atoms with Crippen LogP contribution < -0.4 is 14.4 Å². The second-order valence-corrected chi connectivity index (χ2v) is 7.41. The number of benzene rings is 1. The monoisotopic (exact) mass is 402 g/mol. The van der Waals surface area contributed by atoms with E-state index in [0.717, 1.165) is 48.2 Å². The van der Waals surface area contributed by atoms with Crippen LogP contribution in [-0.2, 0) is 0 Å². The molecule has 1 aromatic heterocycles. The number of nitrogens with zero attached hydrogens (tertiary/aromatic N) is 2. The quantitative estimate of drug-likeness (QED) is 0.310. The molecule has 1 heterocycles. The Kier molecular flexibility index (Phi) is 10.5. The number of anilines is 1. The van der Waals surface area contributed by atoms with Gasteiger partial charge >= 0.3 is 0 Å². The lowest BCUT2D eigenvalue weighted by Crippen LogP contribution is -2.21. The van der Waals surface area contributed by atoms with Gasteiger partial charge in [-0.2, -0.15) is 0 Å². The molecule has 0 aliphatic carbocycles. The fourth-order valence-corrected chi connectivity index (χ4v) is 3.46. The Morgan fingerprint density at radius 3 is 2.24 bits per heavy atom. The van der Waals surface area contributed by atoms with Crippen LogP contribution in [0.25, 0.3) is 11.3 Å². The number of hydrogen-bond donors (Lipinski definition) is 0. The van der Waals surface area contributed by atoms with Crippen LogP contribution in [0.2, 0.25) is 0 Å². The van der Waals surface area contributed by atoms with Gasteiger partial charge in [0.1, 0.15) is 11.5 Å². The Balaban J connectivity index is 1.93. The van der Waals surface area contributed by atoms with Gasteiger partial charge in [0.25, 0.3) is 0 Å². The minimum atomic E-state index is 0.701. The lowest BCUT2D eigenvalue weighted by Gasteiger charge is -2.15. The van der Waals surface area contributed by atoms with E-state index in [1.165, 1.54) is 44.9 Å². The van der Waals surface area contributed by atoms with E-state index in [1.54, 1.807) is 7.11 Å². The van der Waals surface area contributed by atoms with Gasteiger partial charge in [0.15, 0.2) is 11.6 Å². The van der Waals surface area contributed by atoms with Crippen molar-refractivity contribution < 1.29 is 14.0 Å². The Bertz CT molecular complexity index is 695. The largest absolute Gasteiger partial charge is 0.497 e. The Morgan fingerprint density at radius 2 is 1.59 bits per heavy atom. The van der Waals surface area contributed by atoms with E-state index >= 15 is 0 Å². The predicted octanol–water partition coefficient (Wildman–Crippen LogP) is 6.72. The van der Waals surface area contributed by atoms with Gasteiger partial charge in [-0.1, -0.05) is 57.0 Å². The second kappa shape index (κ2) is 13.1. The van der Waals surface area contributed by atoms with E-state index in [4.69, 9.17) is 14.0 Å². The summed E-state index contributed by atoms with van der Waals surface area (Å²) in [4.78, 5) is 2.16. The number of unbranched alkanes of at least 4 members (excludes halogenated alkanes) is 7. The third-order valence-corrected chi connectivity index (χ3v) is 5.29. The fraction of sp³-hybridized carbons (Fsp3) is 0.625. The van der Waals surface area contributed by atoms with Crippen LogP contribution in [0.5, 0.6) is 11.5 Å². The van der Waals surface area contributed by atoms with Crippen LogP contribution in [0.15, 0.2) is 28.8 Å². The van der Waals surface area contributed by atoms with Crippen molar-refractivity contribution in [3.63, 3.8) is 0 Å². The van der Waals surface area contributed by atoms with Crippen molar-refractivity contribution in [3.8, 4) is 22.8 Å². The van der Waals surface area contributed by atoms with Crippen LogP contribution in [-0.4, -0.2) is 32.0 Å². The van der Waals surface area contributed by atoms with E-state index in [1.807, 2.05) is 24.3 Å². The van der Waals surface area contributed by atoms with Gasteiger partial charge in [-0.15, -0.1) is 0 Å². The summed E-state index contributed by atoms with van der Waals surface area (Å²) in [5.41, 5.74) is 0.913. The van der Waals surface area contributed by atoms with Crippen LogP contribution >= 0.6 is 0 Å². The molecule has 0 spiro atoms. The molecule has 0 saturated carbocycles. The summed E-state index contributed by atoms with van der Waals surface area (Å²) < 4.78 is 17.1. The van der Waals surface area contributed by atoms with E-state index in [9.17, 15) is 0 Å². The summed E-state index contributed by atoms with van der Waals surface area (Å²) in [6, 6.07) is 7.82. The zero-order chi connectivity index (χ0) is 20.9. The first kappa shape index (κ1) is 23.1.